The summed E-state index contributed by atoms with van der Waals surface area (Å²) in [5.74, 6) is -4.25. The number of esters is 1. The van der Waals surface area contributed by atoms with E-state index in [0.717, 1.165) is 11.0 Å². The number of rotatable bonds is 10. The maximum Gasteiger partial charge on any atom is 0.459 e. The van der Waals surface area contributed by atoms with Gasteiger partial charge in [-0.1, -0.05) is 24.8 Å². The number of aliphatic hydroxyl groups excluding tert-OH is 2. The minimum absolute atomic E-state index is 0.0267. The van der Waals surface area contributed by atoms with Crippen molar-refractivity contribution < 1.29 is 47.3 Å². The molecule has 0 saturated carbocycles. The summed E-state index contributed by atoms with van der Waals surface area (Å²) in [7, 11) is -4.47. The summed E-state index contributed by atoms with van der Waals surface area (Å²) >= 11 is 0. The van der Waals surface area contributed by atoms with Crippen LogP contribution in [0.5, 0.6) is 5.75 Å². The fraction of sp³-hybridized carbons (Fsp3) is 0.455. The van der Waals surface area contributed by atoms with E-state index < -0.39 is 62.7 Å². The number of nitrogens with zero attached hydrogens (tertiary/aromatic N) is 1. The van der Waals surface area contributed by atoms with Gasteiger partial charge < -0.3 is 34.4 Å². The number of alkyl halides is 1. The van der Waals surface area contributed by atoms with Gasteiger partial charge >= 0.3 is 13.7 Å². The van der Waals surface area contributed by atoms with Crippen molar-refractivity contribution in [3.05, 3.63) is 55.0 Å². The number of amides is 1. The molecule has 1 aromatic rings. The quantitative estimate of drug-likeness (QED) is 0.256. The highest BCUT2D eigenvalue weighted by Gasteiger charge is 2.58. The Morgan fingerprint density at radius 2 is 2.00 bits per heavy atom. The van der Waals surface area contributed by atoms with Crippen LogP contribution in [0.2, 0.25) is 0 Å². The van der Waals surface area contributed by atoms with Gasteiger partial charge in [0.1, 0.15) is 36.4 Å². The first-order chi connectivity index (χ1) is 16.8. The third-order valence-corrected chi connectivity index (χ3v) is 6.69. The molecule has 6 atom stereocenters. The van der Waals surface area contributed by atoms with Crippen LogP contribution in [0.1, 0.15) is 20.8 Å². The smallest absolute Gasteiger partial charge is 0.459 e. The molecule has 4 N–H and O–H groups in total. The SMILES string of the molecule is C=C1NC(=O)C=CN1[C@@H]1O[C@](F)(CO[P@](=O)(N[C@H](C)C(=O)OC(C)C)Oc2ccccc2)[C@@H](O)[C@H]1O. The van der Waals surface area contributed by atoms with E-state index in [0.29, 0.717) is 0 Å². The van der Waals surface area contributed by atoms with E-state index in [1.807, 2.05) is 0 Å². The largest absolute Gasteiger partial charge is 0.462 e. The molecule has 0 aromatic heterocycles. The molecular weight excluding hydrogens is 500 g/mol. The van der Waals surface area contributed by atoms with E-state index in [4.69, 9.17) is 18.5 Å². The van der Waals surface area contributed by atoms with Crippen molar-refractivity contribution in [2.24, 2.45) is 0 Å². The molecular formula is C22H29FN3O9P. The van der Waals surface area contributed by atoms with Crippen LogP contribution in [0.4, 0.5) is 4.39 Å². The average Bonchev–Trinajstić information content (AvgIpc) is 3.02. The van der Waals surface area contributed by atoms with Gasteiger partial charge in [0.25, 0.3) is 11.8 Å². The van der Waals surface area contributed by atoms with Crippen molar-refractivity contribution in [2.45, 2.75) is 57.2 Å². The molecule has 2 aliphatic heterocycles. The molecule has 0 spiro atoms. The van der Waals surface area contributed by atoms with Crippen LogP contribution in [0.3, 0.4) is 0 Å². The molecule has 2 heterocycles. The Kier molecular flexibility index (Phi) is 8.55. The Morgan fingerprint density at radius 3 is 2.61 bits per heavy atom. The highest BCUT2D eigenvalue weighted by molar-refractivity contribution is 7.52. The van der Waals surface area contributed by atoms with Crippen LogP contribution in [0, 0.1) is 0 Å². The average molecular weight is 529 g/mol. The number of ether oxygens (including phenoxy) is 2. The summed E-state index contributed by atoms with van der Waals surface area (Å²) in [6.45, 7) is 7.05. The van der Waals surface area contributed by atoms with Gasteiger partial charge in [-0.25, -0.2) is 8.96 Å². The number of nitrogens with one attached hydrogen (secondary N) is 2. The maximum atomic E-state index is 15.7. The lowest BCUT2D eigenvalue weighted by Crippen LogP contribution is -2.46. The molecule has 0 radical (unpaired) electrons. The molecule has 0 bridgehead atoms. The molecule has 1 amide bonds. The second kappa shape index (κ2) is 11.1. The Hall–Kier alpha value is -2.80. The van der Waals surface area contributed by atoms with Crippen molar-refractivity contribution in [1.82, 2.24) is 15.3 Å². The third kappa shape index (κ3) is 6.49. The van der Waals surface area contributed by atoms with Crippen LogP contribution in [0.15, 0.2) is 55.0 Å². The fourth-order valence-corrected chi connectivity index (χ4v) is 4.83. The van der Waals surface area contributed by atoms with Crippen molar-refractivity contribution in [3.8, 4) is 5.75 Å². The summed E-state index contributed by atoms with van der Waals surface area (Å²) in [5.41, 5.74) is 0. The fourth-order valence-electron chi connectivity index (χ4n) is 3.32. The molecule has 0 unspecified atom stereocenters. The van der Waals surface area contributed by atoms with Crippen molar-refractivity contribution >= 4 is 19.6 Å². The van der Waals surface area contributed by atoms with E-state index in [-0.39, 0.29) is 11.6 Å². The predicted octanol–water partition coefficient (Wildman–Crippen LogP) is 1.28. The zero-order valence-corrected chi connectivity index (χ0v) is 20.8. The number of carbonyl (C=O) groups excluding carboxylic acids is 2. The Labute approximate surface area is 207 Å². The van der Waals surface area contributed by atoms with E-state index in [2.05, 4.69) is 17.0 Å². The number of hydrogen-bond donors (Lipinski definition) is 4. The first-order valence-corrected chi connectivity index (χ1v) is 12.5. The molecule has 3 rings (SSSR count). The monoisotopic (exact) mass is 529 g/mol. The van der Waals surface area contributed by atoms with Crippen LogP contribution in [-0.4, -0.2) is 70.0 Å². The summed E-state index contributed by atoms with van der Waals surface area (Å²) in [4.78, 5) is 24.8. The summed E-state index contributed by atoms with van der Waals surface area (Å²) in [5, 5.41) is 25.6. The van der Waals surface area contributed by atoms with Gasteiger partial charge in [-0.15, -0.1) is 0 Å². The zero-order valence-electron chi connectivity index (χ0n) is 19.9. The lowest BCUT2D eigenvalue weighted by molar-refractivity contribution is -0.206. The number of benzene rings is 1. The standard InChI is InChI=1S/C22H29FN3O9P/c1-13(2)33-21(30)14(3)25-36(31,35-16-8-6-5-7-9-16)32-12-22(23)19(29)18(28)20(34-22)26-11-10-17(27)24-15(26)4/h5-11,13-14,18-20,28-29H,4,12H2,1-3H3,(H,24,27)(H,25,31)/t14-,18-,19+,20-,22-,36-/m1/s1. The van der Waals surface area contributed by atoms with Crippen molar-refractivity contribution in [3.63, 3.8) is 0 Å². The van der Waals surface area contributed by atoms with E-state index >= 15 is 4.39 Å². The maximum absolute atomic E-state index is 15.7. The zero-order chi connectivity index (χ0) is 26.7. The van der Waals surface area contributed by atoms with Crippen molar-refractivity contribution in [1.29, 1.82) is 0 Å². The number of halogens is 1. The van der Waals surface area contributed by atoms with Gasteiger partial charge in [0.05, 0.1) is 6.10 Å². The van der Waals surface area contributed by atoms with Gasteiger partial charge in [-0.2, -0.15) is 5.09 Å². The molecule has 1 aromatic carbocycles. The molecule has 198 valence electrons. The number of carbonyl (C=O) groups is 2. The molecule has 12 nitrogen and oxygen atoms in total. The predicted molar refractivity (Wildman–Crippen MR) is 123 cm³/mol. The van der Waals surface area contributed by atoms with Gasteiger partial charge in [0.15, 0.2) is 6.23 Å². The van der Waals surface area contributed by atoms with Gasteiger partial charge in [-0.05, 0) is 32.9 Å². The summed E-state index contributed by atoms with van der Waals surface area (Å²) in [6, 6.07) is 6.61. The van der Waals surface area contributed by atoms with Gasteiger partial charge in [0.2, 0.25) is 0 Å². The van der Waals surface area contributed by atoms with Gasteiger partial charge in [0, 0.05) is 12.3 Å². The number of aliphatic hydroxyl groups is 2. The van der Waals surface area contributed by atoms with Gasteiger partial charge in [-0.3, -0.25) is 14.1 Å². The lowest BCUT2D eigenvalue weighted by Gasteiger charge is -2.32. The Bertz CT molecular complexity index is 1060. The number of para-hydroxylation sites is 1. The highest BCUT2D eigenvalue weighted by Crippen LogP contribution is 2.47. The third-order valence-electron chi connectivity index (χ3n) is 5.07. The van der Waals surface area contributed by atoms with Crippen molar-refractivity contribution in [2.75, 3.05) is 6.61 Å². The molecule has 1 saturated heterocycles. The molecule has 1 fully saturated rings. The Morgan fingerprint density at radius 1 is 1.33 bits per heavy atom. The van der Waals surface area contributed by atoms with Crippen LogP contribution < -0.4 is 14.9 Å². The first kappa shape index (κ1) is 27.8. The van der Waals surface area contributed by atoms with E-state index in [9.17, 15) is 24.4 Å². The topological polar surface area (TPSA) is 156 Å². The Balaban J connectivity index is 1.78. The minimum Gasteiger partial charge on any atom is -0.462 e. The number of hydrogen-bond acceptors (Lipinski definition) is 10. The highest BCUT2D eigenvalue weighted by atomic mass is 31.2. The second-order valence-electron chi connectivity index (χ2n) is 8.40. The van der Waals surface area contributed by atoms with E-state index in [1.54, 1.807) is 32.0 Å². The lowest BCUT2D eigenvalue weighted by atomic mass is 10.1. The van der Waals surface area contributed by atoms with Crippen LogP contribution in [-0.2, 0) is 28.2 Å². The molecule has 14 heteroatoms. The summed E-state index contributed by atoms with van der Waals surface area (Å²) < 4.78 is 50.2. The van der Waals surface area contributed by atoms with Crippen LogP contribution in [0.25, 0.3) is 0 Å². The summed E-state index contributed by atoms with van der Waals surface area (Å²) in [6.07, 6.45) is -3.61. The van der Waals surface area contributed by atoms with E-state index in [1.165, 1.54) is 25.3 Å². The molecule has 2 aliphatic rings. The molecule has 36 heavy (non-hydrogen) atoms. The normalized spacial score (nSPS) is 28.5. The second-order valence-corrected chi connectivity index (χ2v) is 10.1. The molecule has 0 aliphatic carbocycles. The first-order valence-electron chi connectivity index (χ1n) is 11.0. The minimum atomic E-state index is -4.47. The van der Waals surface area contributed by atoms with Crippen LogP contribution >= 0.6 is 7.75 Å².